The van der Waals surface area contributed by atoms with Gasteiger partial charge in [0.05, 0.1) is 19.5 Å². The van der Waals surface area contributed by atoms with Crippen LogP contribution in [0.4, 0.5) is 0 Å². The third kappa shape index (κ3) is 5.72. The van der Waals surface area contributed by atoms with Crippen molar-refractivity contribution in [3.63, 3.8) is 0 Å². The first-order chi connectivity index (χ1) is 12.7. The van der Waals surface area contributed by atoms with Crippen LogP contribution in [0.25, 0.3) is 5.57 Å². The first kappa shape index (κ1) is 21.8. The van der Waals surface area contributed by atoms with Gasteiger partial charge in [-0.1, -0.05) is 32.9 Å². The molecule has 1 aromatic rings. The van der Waals surface area contributed by atoms with Gasteiger partial charge >= 0.3 is 0 Å². The molecule has 0 aromatic heterocycles. The Hall–Kier alpha value is -1.52. The van der Waals surface area contributed by atoms with Crippen LogP contribution in [-0.4, -0.2) is 29.1 Å². The van der Waals surface area contributed by atoms with Crippen LogP contribution >= 0.6 is 0 Å². The van der Waals surface area contributed by atoms with E-state index in [9.17, 15) is 0 Å². The van der Waals surface area contributed by atoms with Crippen LogP contribution in [-0.2, 0) is 9.16 Å². The van der Waals surface area contributed by atoms with Crippen LogP contribution in [0.1, 0.15) is 52.0 Å². The molecule has 0 radical (unpaired) electrons. The van der Waals surface area contributed by atoms with Gasteiger partial charge in [-0.3, -0.25) is 0 Å². The van der Waals surface area contributed by atoms with Crippen LogP contribution in [0, 0.1) is 0 Å². The first-order valence-electron chi connectivity index (χ1n) is 9.93. The Morgan fingerprint density at radius 1 is 0.963 bits per heavy atom. The average Bonchev–Trinajstić information content (AvgIpc) is 2.59. The number of methoxy groups -OCH3 is 2. The van der Waals surface area contributed by atoms with E-state index in [-0.39, 0.29) is 5.04 Å². The lowest BCUT2D eigenvalue weighted by molar-refractivity contribution is 0.221. The Labute approximate surface area is 166 Å². The summed E-state index contributed by atoms with van der Waals surface area (Å²) < 4.78 is 17.6. The molecular weight excluding hydrogens is 352 g/mol. The topological polar surface area (TPSA) is 27.7 Å². The molecule has 1 aliphatic rings. The molecule has 0 heterocycles. The highest BCUT2D eigenvalue weighted by Crippen LogP contribution is 2.40. The maximum Gasteiger partial charge on any atom is 0.250 e. The second-order valence-electron chi connectivity index (χ2n) is 8.85. The summed E-state index contributed by atoms with van der Waals surface area (Å²) in [5.74, 6) is 2.02. The molecule has 4 heteroatoms. The number of rotatable bonds is 6. The van der Waals surface area contributed by atoms with Crippen LogP contribution in [0.5, 0.6) is 5.75 Å². The number of ether oxygens (including phenoxy) is 2. The van der Waals surface area contributed by atoms with Crippen molar-refractivity contribution >= 4 is 13.9 Å². The average molecular weight is 389 g/mol. The van der Waals surface area contributed by atoms with E-state index in [0.29, 0.717) is 6.61 Å². The van der Waals surface area contributed by atoms with Crippen LogP contribution in [0.3, 0.4) is 0 Å². The van der Waals surface area contributed by atoms with Gasteiger partial charge in [0.1, 0.15) is 5.75 Å². The fraction of sp³-hybridized carbons (Fsp3) is 0.565. The van der Waals surface area contributed by atoms with Crippen molar-refractivity contribution in [2.75, 3.05) is 20.8 Å². The lowest BCUT2D eigenvalue weighted by Crippen LogP contribution is -2.40. The van der Waals surface area contributed by atoms with Gasteiger partial charge in [0, 0.05) is 19.1 Å². The molecule has 0 amide bonds. The fourth-order valence-corrected chi connectivity index (χ4v) is 4.17. The molecule has 0 spiro atoms. The SMILES string of the molecule is COCC1=C(\O[Si](C)(C)C(C)(C)C)CCCC/C(c2ccc(OC)cc2)=C\1. The third-order valence-corrected chi connectivity index (χ3v) is 10.1. The van der Waals surface area contributed by atoms with Gasteiger partial charge in [0.15, 0.2) is 0 Å². The minimum absolute atomic E-state index is 0.184. The van der Waals surface area contributed by atoms with Crippen molar-refractivity contribution in [2.24, 2.45) is 0 Å². The second kappa shape index (κ2) is 9.11. The van der Waals surface area contributed by atoms with Gasteiger partial charge in [-0.2, -0.15) is 0 Å². The van der Waals surface area contributed by atoms with Crippen molar-refractivity contribution in [1.82, 2.24) is 0 Å². The zero-order valence-corrected chi connectivity index (χ0v) is 19.1. The molecular formula is C23H36O3Si. The van der Waals surface area contributed by atoms with E-state index in [1.54, 1.807) is 14.2 Å². The minimum atomic E-state index is -1.87. The van der Waals surface area contributed by atoms with Crippen molar-refractivity contribution < 1.29 is 13.9 Å². The standard InChI is InChI=1S/C23H36O3Si/c1-23(2,3)27(6,7)26-22-11-9-8-10-19(16-20(22)17-24-4)18-12-14-21(25-5)15-13-18/h12-16H,8-11,17H2,1-7H3/b19-16+,22-20-. The molecule has 0 saturated carbocycles. The van der Waals surface area contributed by atoms with E-state index >= 15 is 0 Å². The highest BCUT2D eigenvalue weighted by Gasteiger charge is 2.39. The van der Waals surface area contributed by atoms with Crippen molar-refractivity contribution in [2.45, 2.75) is 64.6 Å². The van der Waals surface area contributed by atoms with Gasteiger partial charge < -0.3 is 13.9 Å². The highest BCUT2D eigenvalue weighted by molar-refractivity contribution is 6.74. The summed E-state index contributed by atoms with van der Waals surface area (Å²) in [6.45, 7) is 12.1. The number of hydrogen-bond acceptors (Lipinski definition) is 3. The normalized spacial score (nSPS) is 21.1. The zero-order chi connectivity index (χ0) is 20.1. The van der Waals surface area contributed by atoms with Crippen LogP contribution in [0.2, 0.25) is 18.1 Å². The molecule has 1 aliphatic carbocycles. The Kier molecular flexibility index (Phi) is 7.35. The van der Waals surface area contributed by atoms with Gasteiger partial charge in [-0.15, -0.1) is 0 Å². The van der Waals surface area contributed by atoms with E-state index in [4.69, 9.17) is 13.9 Å². The van der Waals surface area contributed by atoms with E-state index in [1.807, 2.05) is 12.1 Å². The Morgan fingerprint density at radius 3 is 2.15 bits per heavy atom. The molecule has 0 bridgehead atoms. The number of allylic oxidation sites excluding steroid dienone is 2. The Balaban J connectivity index is 2.43. The second-order valence-corrected chi connectivity index (χ2v) is 13.6. The number of benzene rings is 1. The Morgan fingerprint density at radius 2 is 1.59 bits per heavy atom. The van der Waals surface area contributed by atoms with E-state index in [1.165, 1.54) is 23.1 Å². The van der Waals surface area contributed by atoms with Crippen molar-refractivity contribution in [3.8, 4) is 5.75 Å². The van der Waals surface area contributed by atoms with Gasteiger partial charge in [0.2, 0.25) is 8.32 Å². The first-order valence-corrected chi connectivity index (χ1v) is 12.8. The molecule has 0 N–H and O–H groups in total. The summed E-state index contributed by atoms with van der Waals surface area (Å²) in [4.78, 5) is 0. The third-order valence-electron chi connectivity index (χ3n) is 5.75. The van der Waals surface area contributed by atoms with Crippen LogP contribution in [0.15, 0.2) is 41.7 Å². The quantitative estimate of drug-likeness (QED) is 0.515. The number of hydrogen-bond donors (Lipinski definition) is 0. The minimum Gasteiger partial charge on any atom is -0.546 e. The largest absolute Gasteiger partial charge is 0.546 e. The van der Waals surface area contributed by atoms with E-state index in [2.05, 4.69) is 52.1 Å². The maximum atomic E-state index is 6.74. The molecule has 2 rings (SSSR count). The Bertz CT molecular complexity index is 679. The summed E-state index contributed by atoms with van der Waals surface area (Å²) in [7, 11) is 1.59. The molecule has 0 saturated heterocycles. The summed E-state index contributed by atoms with van der Waals surface area (Å²) >= 11 is 0. The van der Waals surface area contributed by atoms with Crippen molar-refractivity contribution in [3.05, 3.63) is 47.2 Å². The van der Waals surface area contributed by atoms with Gasteiger partial charge in [-0.05, 0) is 66.7 Å². The maximum absolute atomic E-state index is 6.74. The summed E-state index contributed by atoms with van der Waals surface area (Å²) in [5, 5.41) is 0.184. The summed E-state index contributed by atoms with van der Waals surface area (Å²) in [5.41, 5.74) is 3.78. The van der Waals surface area contributed by atoms with Crippen molar-refractivity contribution in [1.29, 1.82) is 0 Å². The van der Waals surface area contributed by atoms with E-state index < -0.39 is 8.32 Å². The smallest absolute Gasteiger partial charge is 0.250 e. The van der Waals surface area contributed by atoms with Crippen LogP contribution < -0.4 is 4.74 Å². The molecule has 0 fully saturated rings. The highest BCUT2D eigenvalue weighted by atomic mass is 28.4. The molecule has 1 aromatic carbocycles. The van der Waals surface area contributed by atoms with E-state index in [0.717, 1.165) is 30.8 Å². The molecule has 150 valence electrons. The zero-order valence-electron chi connectivity index (χ0n) is 18.1. The summed E-state index contributed by atoms with van der Waals surface area (Å²) in [6, 6.07) is 8.35. The molecule has 0 aliphatic heterocycles. The van der Waals surface area contributed by atoms with Gasteiger partial charge in [0.25, 0.3) is 0 Å². The molecule has 0 atom stereocenters. The monoisotopic (exact) mass is 388 g/mol. The predicted octanol–water partition coefficient (Wildman–Crippen LogP) is 6.57. The predicted molar refractivity (Wildman–Crippen MR) is 117 cm³/mol. The fourth-order valence-electron chi connectivity index (χ4n) is 3.01. The molecule has 27 heavy (non-hydrogen) atoms. The van der Waals surface area contributed by atoms with Gasteiger partial charge in [-0.25, -0.2) is 0 Å². The molecule has 0 unspecified atom stereocenters. The summed E-state index contributed by atoms with van der Waals surface area (Å²) in [6.07, 6.45) is 6.69. The lowest BCUT2D eigenvalue weighted by Gasteiger charge is -2.38. The molecule has 3 nitrogen and oxygen atoms in total. The lowest BCUT2D eigenvalue weighted by atomic mass is 9.94.